The van der Waals surface area contributed by atoms with Crippen molar-refractivity contribution in [3.05, 3.63) is 18.2 Å². The summed E-state index contributed by atoms with van der Waals surface area (Å²) >= 11 is 0. The van der Waals surface area contributed by atoms with Gasteiger partial charge in [-0.3, -0.25) is 4.90 Å². The van der Waals surface area contributed by atoms with Crippen LogP contribution in [0.25, 0.3) is 0 Å². The van der Waals surface area contributed by atoms with Gasteiger partial charge in [0.05, 0.1) is 27.4 Å². The van der Waals surface area contributed by atoms with Gasteiger partial charge in [0, 0.05) is 31.7 Å². The van der Waals surface area contributed by atoms with Crippen molar-refractivity contribution in [2.45, 2.75) is 31.2 Å². The van der Waals surface area contributed by atoms with E-state index in [1.54, 1.807) is 12.1 Å². The molecule has 1 unspecified atom stereocenters. The Morgan fingerprint density at radius 2 is 1.88 bits per heavy atom. The van der Waals surface area contributed by atoms with Gasteiger partial charge in [0.15, 0.2) is 0 Å². The number of rotatable bonds is 9. The minimum absolute atomic E-state index is 0.0876. The van der Waals surface area contributed by atoms with Gasteiger partial charge in [0.25, 0.3) is 0 Å². The van der Waals surface area contributed by atoms with Crippen molar-refractivity contribution >= 4 is 10.0 Å². The Labute approximate surface area is 156 Å². The summed E-state index contributed by atoms with van der Waals surface area (Å²) in [6.07, 6.45) is 0.914. The Bertz CT molecular complexity index is 672. The molecule has 0 aromatic heterocycles. The minimum Gasteiger partial charge on any atom is -0.497 e. The number of morpholine rings is 1. The van der Waals surface area contributed by atoms with Crippen LogP contribution in [0.2, 0.25) is 0 Å². The van der Waals surface area contributed by atoms with Crippen molar-refractivity contribution in [1.82, 2.24) is 9.62 Å². The van der Waals surface area contributed by atoms with E-state index in [1.165, 1.54) is 20.3 Å². The van der Waals surface area contributed by atoms with Crippen LogP contribution in [-0.2, 0) is 14.8 Å². The molecule has 0 spiro atoms. The Morgan fingerprint density at radius 3 is 2.46 bits per heavy atom. The van der Waals surface area contributed by atoms with Crippen molar-refractivity contribution < 1.29 is 22.6 Å². The highest BCUT2D eigenvalue weighted by atomic mass is 32.2. The molecule has 1 aromatic carbocycles. The lowest BCUT2D eigenvalue weighted by Crippen LogP contribution is -2.49. The summed E-state index contributed by atoms with van der Waals surface area (Å²) in [5.74, 6) is 1.24. The van der Waals surface area contributed by atoms with Gasteiger partial charge in [-0.05, 0) is 24.5 Å². The molecule has 0 saturated carbocycles. The number of ether oxygens (including phenoxy) is 3. The molecule has 1 aliphatic heterocycles. The molecule has 1 aromatic rings. The predicted octanol–water partition coefficient (Wildman–Crippen LogP) is 1.73. The Balaban J connectivity index is 2.16. The fourth-order valence-electron chi connectivity index (χ4n) is 3.13. The molecule has 1 saturated heterocycles. The summed E-state index contributed by atoms with van der Waals surface area (Å²) in [5, 5.41) is 0. The molecular formula is C18H30N2O5S. The minimum atomic E-state index is -3.72. The van der Waals surface area contributed by atoms with Crippen molar-refractivity contribution in [2.24, 2.45) is 5.92 Å². The van der Waals surface area contributed by atoms with E-state index in [9.17, 15) is 8.42 Å². The van der Waals surface area contributed by atoms with Crippen molar-refractivity contribution in [3.63, 3.8) is 0 Å². The number of nitrogens with zero attached hydrogens (tertiary/aromatic N) is 1. The van der Waals surface area contributed by atoms with E-state index in [1.807, 2.05) is 0 Å². The molecule has 0 radical (unpaired) electrons. The third-order valence-electron chi connectivity index (χ3n) is 4.47. The molecule has 7 nitrogen and oxygen atoms in total. The summed E-state index contributed by atoms with van der Waals surface area (Å²) in [6.45, 7) is 7.65. The predicted molar refractivity (Wildman–Crippen MR) is 100 cm³/mol. The second kappa shape index (κ2) is 9.55. The SMILES string of the molecule is COc1ccc(OC)c(S(=O)(=O)NCC(CC(C)C)N2CCOCC2)c1. The number of hydrogen-bond acceptors (Lipinski definition) is 6. The van der Waals surface area contributed by atoms with Crippen LogP contribution in [0.3, 0.4) is 0 Å². The van der Waals surface area contributed by atoms with E-state index in [2.05, 4.69) is 23.5 Å². The molecule has 1 heterocycles. The fraction of sp³-hybridized carbons (Fsp3) is 0.667. The van der Waals surface area contributed by atoms with Crippen LogP contribution in [0.1, 0.15) is 20.3 Å². The normalized spacial score (nSPS) is 17.3. The second-order valence-electron chi connectivity index (χ2n) is 6.80. The van der Waals surface area contributed by atoms with Gasteiger partial charge in [0.1, 0.15) is 16.4 Å². The molecule has 1 aliphatic rings. The van der Waals surface area contributed by atoms with Gasteiger partial charge in [-0.2, -0.15) is 0 Å². The Kier molecular flexibility index (Phi) is 7.69. The first-order valence-corrected chi connectivity index (χ1v) is 10.4. The van der Waals surface area contributed by atoms with Gasteiger partial charge < -0.3 is 14.2 Å². The monoisotopic (exact) mass is 386 g/mol. The van der Waals surface area contributed by atoms with Gasteiger partial charge >= 0.3 is 0 Å². The van der Waals surface area contributed by atoms with Crippen molar-refractivity contribution in [2.75, 3.05) is 47.1 Å². The van der Waals surface area contributed by atoms with Gasteiger partial charge in [-0.1, -0.05) is 13.8 Å². The highest BCUT2D eigenvalue weighted by Crippen LogP contribution is 2.28. The lowest BCUT2D eigenvalue weighted by Gasteiger charge is -2.35. The molecule has 0 bridgehead atoms. The largest absolute Gasteiger partial charge is 0.497 e. The van der Waals surface area contributed by atoms with E-state index in [4.69, 9.17) is 14.2 Å². The quantitative estimate of drug-likeness (QED) is 0.696. The molecular weight excluding hydrogens is 356 g/mol. The molecule has 1 N–H and O–H groups in total. The first kappa shape index (κ1) is 21.0. The van der Waals surface area contributed by atoms with Crippen LogP contribution < -0.4 is 14.2 Å². The van der Waals surface area contributed by atoms with E-state index in [0.29, 0.717) is 37.2 Å². The van der Waals surface area contributed by atoms with Crippen LogP contribution in [-0.4, -0.2) is 66.4 Å². The molecule has 148 valence electrons. The molecule has 2 rings (SSSR count). The number of benzene rings is 1. The second-order valence-corrected chi connectivity index (χ2v) is 8.54. The van der Waals surface area contributed by atoms with Crippen LogP contribution in [0.4, 0.5) is 0 Å². The van der Waals surface area contributed by atoms with E-state index < -0.39 is 10.0 Å². The highest BCUT2D eigenvalue weighted by molar-refractivity contribution is 7.89. The summed E-state index contributed by atoms with van der Waals surface area (Å²) in [4.78, 5) is 2.39. The summed E-state index contributed by atoms with van der Waals surface area (Å²) in [7, 11) is -0.761. The zero-order valence-electron chi connectivity index (χ0n) is 16.0. The topological polar surface area (TPSA) is 77.1 Å². The number of methoxy groups -OCH3 is 2. The number of nitrogens with one attached hydrogen (secondary N) is 1. The van der Waals surface area contributed by atoms with Gasteiger partial charge in [-0.25, -0.2) is 13.1 Å². The first-order chi connectivity index (χ1) is 12.4. The molecule has 0 aliphatic carbocycles. The zero-order valence-corrected chi connectivity index (χ0v) is 16.8. The average Bonchev–Trinajstić information content (AvgIpc) is 2.65. The van der Waals surface area contributed by atoms with Crippen LogP contribution in [0, 0.1) is 5.92 Å². The van der Waals surface area contributed by atoms with E-state index >= 15 is 0 Å². The molecule has 26 heavy (non-hydrogen) atoms. The molecule has 8 heteroatoms. The van der Waals surface area contributed by atoms with Gasteiger partial charge in [-0.15, -0.1) is 0 Å². The van der Waals surface area contributed by atoms with Crippen molar-refractivity contribution in [1.29, 1.82) is 0 Å². The maximum atomic E-state index is 12.9. The Morgan fingerprint density at radius 1 is 1.19 bits per heavy atom. The highest BCUT2D eigenvalue weighted by Gasteiger charge is 2.26. The zero-order chi connectivity index (χ0) is 19.2. The van der Waals surface area contributed by atoms with E-state index in [-0.39, 0.29) is 10.9 Å². The molecule has 1 atom stereocenters. The lowest BCUT2D eigenvalue weighted by atomic mass is 10.0. The molecule has 0 amide bonds. The molecule has 1 fully saturated rings. The lowest BCUT2D eigenvalue weighted by molar-refractivity contribution is 0.0134. The Hall–Kier alpha value is -1.35. The summed E-state index contributed by atoms with van der Waals surface area (Å²) < 4.78 is 44.3. The summed E-state index contributed by atoms with van der Waals surface area (Å²) in [5.41, 5.74) is 0. The third kappa shape index (κ3) is 5.57. The van der Waals surface area contributed by atoms with Crippen LogP contribution >= 0.6 is 0 Å². The van der Waals surface area contributed by atoms with Crippen LogP contribution in [0.15, 0.2) is 23.1 Å². The average molecular weight is 387 g/mol. The maximum Gasteiger partial charge on any atom is 0.244 e. The third-order valence-corrected chi connectivity index (χ3v) is 5.92. The maximum absolute atomic E-state index is 12.9. The number of hydrogen-bond donors (Lipinski definition) is 1. The standard InChI is InChI=1S/C18H30N2O5S/c1-14(2)11-15(20-7-9-25-10-8-20)13-19-26(21,22)18-12-16(23-3)5-6-17(18)24-4/h5-6,12,14-15,19H,7-11,13H2,1-4H3. The fourth-order valence-corrected chi connectivity index (χ4v) is 4.38. The first-order valence-electron chi connectivity index (χ1n) is 8.91. The smallest absolute Gasteiger partial charge is 0.244 e. The van der Waals surface area contributed by atoms with Gasteiger partial charge in [0.2, 0.25) is 10.0 Å². The van der Waals surface area contributed by atoms with Crippen molar-refractivity contribution in [3.8, 4) is 11.5 Å². The van der Waals surface area contributed by atoms with E-state index in [0.717, 1.165) is 19.5 Å². The summed E-state index contributed by atoms with van der Waals surface area (Å²) in [6, 6.07) is 4.88. The van der Waals surface area contributed by atoms with Crippen LogP contribution in [0.5, 0.6) is 11.5 Å². The number of sulfonamides is 1.